The van der Waals surface area contributed by atoms with Crippen LogP contribution in [-0.2, 0) is 0 Å². The van der Waals surface area contributed by atoms with Crippen LogP contribution in [0.15, 0.2) is 79.4 Å². The fraction of sp³-hybridized carbons (Fsp3) is 0.0400. The molecule has 6 rings (SSSR count). The number of para-hydroxylation sites is 1. The number of carbonyl (C=O) groups is 2. The van der Waals surface area contributed by atoms with Crippen molar-refractivity contribution in [2.75, 3.05) is 7.05 Å². The highest BCUT2D eigenvalue weighted by molar-refractivity contribution is 6.23. The summed E-state index contributed by atoms with van der Waals surface area (Å²) in [6, 6.07) is 19.7. The van der Waals surface area contributed by atoms with Gasteiger partial charge in [0.05, 0.1) is 27.8 Å². The lowest BCUT2D eigenvalue weighted by atomic mass is 10.1. The van der Waals surface area contributed by atoms with Gasteiger partial charge in [0, 0.05) is 35.8 Å². The molecule has 0 atom stereocenters. The Kier molecular flexibility index (Phi) is 3.58. The SMILES string of the molecule is CN1C(=O)c2cccc(-n3c4ccccc4c4cc(-c5cncnc5)ccc43)c2C1=O. The molecule has 3 heterocycles. The first-order valence-corrected chi connectivity index (χ1v) is 9.89. The van der Waals surface area contributed by atoms with E-state index >= 15 is 0 Å². The van der Waals surface area contributed by atoms with Gasteiger partial charge in [-0.05, 0) is 35.9 Å². The van der Waals surface area contributed by atoms with E-state index in [1.54, 1.807) is 18.5 Å². The van der Waals surface area contributed by atoms with Crippen LogP contribution in [0.25, 0.3) is 38.6 Å². The Morgan fingerprint density at radius 2 is 1.52 bits per heavy atom. The van der Waals surface area contributed by atoms with Crippen LogP contribution in [0.5, 0.6) is 0 Å². The highest BCUT2D eigenvalue weighted by Crippen LogP contribution is 2.37. The van der Waals surface area contributed by atoms with Crippen LogP contribution in [0.2, 0.25) is 0 Å². The van der Waals surface area contributed by atoms with E-state index in [9.17, 15) is 9.59 Å². The molecule has 1 aliphatic rings. The number of aromatic nitrogens is 3. The van der Waals surface area contributed by atoms with Crippen molar-refractivity contribution < 1.29 is 9.59 Å². The molecule has 0 aliphatic carbocycles. The smallest absolute Gasteiger partial charge is 0.263 e. The summed E-state index contributed by atoms with van der Waals surface area (Å²) >= 11 is 0. The minimum Gasteiger partial charge on any atom is -0.308 e. The van der Waals surface area contributed by atoms with E-state index in [4.69, 9.17) is 0 Å². The second-order valence-electron chi connectivity index (χ2n) is 7.58. The molecule has 0 radical (unpaired) electrons. The number of carbonyl (C=O) groups excluding carboxylic acids is 2. The topological polar surface area (TPSA) is 68.1 Å². The van der Waals surface area contributed by atoms with E-state index < -0.39 is 0 Å². The van der Waals surface area contributed by atoms with E-state index in [1.807, 2.05) is 42.5 Å². The maximum atomic E-state index is 12.9. The zero-order valence-corrected chi connectivity index (χ0v) is 16.6. The number of nitrogens with zero attached hydrogens (tertiary/aromatic N) is 4. The normalized spacial score (nSPS) is 13.4. The Bertz CT molecular complexity index is 1540. The van der Waals surface area contributed by atoms with Gasteiger partial charge in [0.2, 0.25) is 0 Å². The van der Waals surface area contributed by atoms with Crippen molar-refractivity contribution in [3.8, 4) is 16.8 Å². The van der Waals surface area contributed by atoms with Crippen LogP contribution < -0.4 is 0 Å². The number of hydrogen-bond acceptors (Lipinski definition) is 4. The molecule has 3 aromatic carbocycles. The lowest BCUT2D eigenvalue weighted by Crippen LogP contribution is -2.24. The first-order valence-electron chi connectivity index (χ1n) is 9.89. The van der Waals surface area contributed by atoms with Gasteiger partial charge >= 0.3 is 0 Å². The van der Waals surface area contributed by atoms with Crippen LogP contribution >= 0.6 is 0 Å². The zero-order chi connectivity index (χ0) is 21.1. The average molecular weight is 404 g/mol. The van der Waals surface area contributed by atoms with Crippen LogP contribution in [0.3, 0.4) is 0 Å². The van der Waals surface area contributed by atoms with Gasteiger partial charge in [-0.3, -0.25) is 14.5 Å². The Labute approximate surface area is 177 Å². The minimum absolute atomic E-state index is 0.269. The number of benzene rings is 3. The molecule has 6 nitrogen and oxygen atoms in total. The van der Waals surface area contributed by atoms with Gasteiger partial charge in [-0.2, -0.15) is 0 Å². The molecule has 0 saturated heterocycles. The molecule has 0 N–H and O–H groups in total. The van der Waals surface area contributed by atoms with E-state index in [1.165, 1.54) is 18.3 Å². The second kappa shape index (κ2) is 6.34. The summed E-state index contributed by atoms with van der Waals surface area (Å²) in [4.78, 5) is 34.9. The highest BCUT2D eigenvalue weighted by atomic mass is 16.2. The number of amides is 2. The first-order chi connectivity index (χ1) is 15.1. The van der Waals surface area contributed by atoms with Crippen LogP contribution in [0.4, 0.5) is 0 Å². The van der Waals surface area contributed by atoms with E-state index in [-0.39, 0.29) is 11.8 Å². The molecule has 0 spiro atoms. The van der Waals surface area contributed by atoms with E-state index in [0.717, 1.165) is 32.9 Å². The van der Waals surface area contributed by atoms with Crippen LogP contribution in [0, 0.1) is 0 Å². The van der Waals surface area contributed by atoms with Crippen LogP contribution in [-0.4, -0.2) is 38.3 Å². The molecule has 2 amide bonds. The van der Waals surface area contributed by atoms with Crippen molar-refractivity contribution in [1.29, 1.82) is 0 Å². The molecule has 0 fully saturated rings. The molecule has 6 heteroatoms. The molecule has 148 valence electrons. The summed E-state index contributed by atoms with van der Waals surface area (Å²) in [6.07, 6.45) is 5.09. The molecular weight excluding hydrogens is 388 g/mol. The maximum Gasteiger partial charge on any atom is 0.263 e. The molecule has 5 aromatic rings. The largest absolute Gasteiger partial charge is 0.308 e. The molecule has 0 saturated carbocycles. The molecule has 1 aliphatic heterocycles. The Morgan fingerprint density at radius 1 is 0.742 bits per heavy atom. The van der Waals surface area contributed by atoms with Crippen molar-refractivity contribution in [3.05, 3.63) is 90.5 Å². The van der Waals surface area contributed by atoms with Gasteiger partial charge in [0.1, 0.15) is 6.33 Å². The molecular formula is C25H16N4O2. The molecule has 0 bridgehead atoms. The van der Waals surface area contributed by atoms with E-state index in [2.05, 4.69) is 26.7 Å². The fourth-order valence-corrected chi connectivity index (χ4v) is 4.43. The fourth-order valence-electron chi connectivity index (χ4n) is 4.43. The van der Waals surface area contributed by atoms with Gasteiger partial charge in [-0.25, -0.2) is 9.97 Å². The highest BCUT2D eigenvalue weighted by Gasteiger charge is 2.35. The Balaban J connectivity index is 1.69. The van der Waals surface area contributed by atoms with Crippen molar-refractivity contribution in [1.82, 2.24) is 19.4 Å². The summed E-state index contributed by atoms with van der Waals surface area (Å²) in [5.41, 5.74) is 5.48. The summed E-state index contributed by atoms with van der Waals surface area (Å²) in [7, 11) is 1.52. The van der Waals surface area contributed by atoms with Gasteiger partial charge in [0.15, 0.2) is 0 Å². The Hall–Kier alpha value is -4.32. The van der Waals surface area contributed by atoms with Gasteiger partial charge in [0.25, 0.3) is 11.8 Å². The zero-order valence-electron chi connectivity index (χ0n) is 16.6. The quantitative estimate of drug-likeness (QED) is 0.407. The third-order valence-corrected chi connectivity index (χ3v) is 5.90. The Morgan fingerprint density at radius 3 is 2.35 bits per heavy atom. The number of rotatable bonds is 2. The standard InChI is InChI=1S/C25H16N4O2/c1-28-24(30)18-6-4-8-22(23(18)25(28)31)29-20-7-3-2-5-17(20)19-11-15(9-10-21(19)29)16-12-26-14-27-13-16/h2-14H,1H3. The minimum atomic E-state index is -0.278. The summed E-state index contributed by atoms with van der Waals surface area (Å²) in [5.74, 6) is -0.548. The summed E-state index contributed by atoms with van der Waals surface area (Å²) in [6.45, 7) is 0. The van der Waals surface area contributed by atoms with Crippen molar-refractivity contribution >= 4 is 33.6 Å². The summed E-state index contributed by atoms with van der Waals surface area (Å²) in [5, 5.41) is 2.12. The number of imide groups is 1. The number of fused-ring (bicyclic) bond motifs is 4. The molecule has 0 unspecified atom stereocenters. The monoisotopic (exact) mass is 404 g/mol. The lowest BCUT2D eigenvalue weighted by Gasteiger charge is -2.12. The third-order valence-electron chi connectivity index (χ3n) is 5.90. The van der Waals surface area contributed by atoms with Gasteiger partial charge < -0.3 is 4.57 Å². The van der Waals surface area contributed by atoms with Crippen LogP contribution in [0.1, 0.15) is 20.7 Å². The van der Waals surface area contributed by atoms with Crippen molar-refractivity contribution in [2.45, 2.75) is 0 Å². The lowest BCUT2D eigenvalue weighted by molar-refractivity contribution is 0.0693. The van der Waals surface area contributed by atoms with Crippen molar-refractivity contribution in [2.24, 2.45) is 0 Å². The molecule has 2 aromatic heterocycles. The maximum absolute atomic E-state index is 12.9. The van der Waals surface area contributed by atoms with Gasteiger partial charge in [-0.15, -0.1) is 0 Å². The first kappa shape index (κ1) is 17.5. The number of hydrogen-bond donors (Lipinski definition) is 0. The van der Waals surface area contributed by atoms with E-state index in [0.29, 0.717) is 16.8 Å². The predicted octanol–water partition coefficient (Wildman–Crippen LogP) is 4.47. The molecule has 31 heavy (non-hydrogen) atoms. The third kappa shape index (κ3) is 2.39. The predicted molar refractivity (Wildman–Crippen MR) is 118 cm³/mol. The van der Waals surface area contributed by atoms with Crippen molar-refractivity contribution in [3.63, 3.8) is 0 Å². The van der Waals surface area contributed by atoms with Gasteiger partial charge in [-0.1, -0.05) is 30.3 Å². The summed E-state index contributed by atoms with van der Waals surface area (Å²) < 4.78 is 2.07. The second-order valence-corrected chi connectivity index (χ2v) is 7.58. The average Bonchev–Trinajstić information content (AvgIpc) is 3.27.